The highest BCUT2D eigenvalue weighted by atomic mass is 19.1. The maximum Gasteiger partial charge on any atom is 0.300 e. The Labute approximate surface area is 180 Å². The molecule has 0 radical (unpaired) electrons. The average molecular weight is 431 g/mol. The molecule has 1 amide bonds. The van der Waals surface area contributed by atoms with Gasteiger partial charge in [0, 0.05) is 34.9 Å². The van der Waals surface area contributed by atoms with E-state index in [2.05, 4.69) is 9.97 Å². The number of Topliss-reactive ketones (excluding diaryl/α,β-unsaturated/α-hetero) is 1. The summed E-state index contributed by atoms with van der Waals surface area (Å²) in [5.74, 6) is -4.21. The number of H-pyrrole nitrogens is 1. The first kappa shape index (κ1) is 19.6. The van der Waals surface area contributed by atoms with Crippen LogP contribution in [0.25, 0.3) is 16.7 Å². The van der Waals surface area contributed by atoms with E-state index in [1.807, 2.05) is 6.07 Å². The van der Waals surface area contributed by atoms with Crippen LogP contribution in [0.4, 0.5) is 14.5 Å². The van der Waals surface area contributed by atoms with Gasteiger partial charge in [0.05, 0.1) is 17.0 Å². The number of carbonyl (C=O) groups excluding carboxylic acids is 2. The van der Waals surface area contributed by atoms with Crippen LogP contribution in [0.1, 0.15) is 17.3 Å². The van der Waals surface area contributed by atoms with Gasteiger partial charge < -0.3 is 10.1 Å². The van der Waals surface area contributed by atoms with Crippen molar-refractivity contribution in [3.63, 3.8) is 0 Å². The first-order valence-electron chi connectivity index (χ1n) is 9.71. The summed E-state index contributed by atoms with van der Waals surface area (Å²) < 4.78 is 28.6. The zero-order valence-electron chi connectivity index (χ0n) is 16.4. The minimum absolute atomic E-state index is 0.219. The van der Waals surface area contributed by atoms with E-state index in [1.165, 1.54) is 12.4 Å². The lowest BCUT2D eigenvalue weighted by Gasteiger charge is -2.24. The van der Waals surface area contributed by atoms with Crippen molar-refractivity contribution in [2.24, 2.45) is 0 Å². The van der Waals surface area contributed by atoms with Gasteiger partial charge in [-0.15, -0.1) is 0 Å². The minimum atomic E-state index is -1.25. The number of aliphatic hydroxyl groups excluding tert-OH is 1. The molecule has 8 heteroatoms. The molecule has 3 heterocycles. The molecule has 1 atom stereocenters. The molecule has 1 unspecified atom stereocenters. The SMILES string of the molecule is O=C1C(=O)N(c2cc(F)ccc2F)C(c2ccccn2)/C1=C(/O)c1c[nH]c2ccccc12. The predicted molar refractivity (Wildman–Crippen MR) is 114 cm³/mol. The molecular weight excluding hydrogens is 416 g/mol. The number of hydrogen-bond acceptors (Lipinski definition) is 4. The molecule has 2 aromatic carbocycles. The summed E-state index contributed by atoms with van der Waals surface area (Å²) in [6.45, 7) is 0. The van der Waals surface area contributed by atoms with E-state index in [-0.39, 0.29) is 11.3 Å². The highest BCUT2D eigenvalue weighted by molar-refractivity contribution is 6.51. The number of amides is 1. The van der Waals surface area contributed by atoms with Crippen LogP contribution < -0.4 is 4.90 Å². The number of ketones is 1. The summed E-state index contributed by atoms with van der Waals surface area (Å²) >= 11 is 0. The van der Waals surface area contributed by atoms with Crippen LogP contribution >= 0.6 is 0 Å². The summed E-state index contributed by atoms with van der Waals surface area (Å²) in [4.78, 5) is 34.1. The van der Waals surface area contributed by atoms with Gasteiger partial charge >= 0.3 is 0 Å². The van der Waals surface area contributed by atoms with Gasteiger partial charge in [-0.1, -0.05) is 24.3 Å². The fourth-order valence-electron chi connectivity index (χ4n) is 3.98. The van der Waals surface area contributed by atoms with Crippen LogP contribution in [0.15, 0.2) is 78.6 Å². The smallest absolute Gasteiger partial charge is 0.300 e. The Morgan fingerprint density at radius 1 is 1.03 bits per heavy atom. The van der Waals surface area contributed by atoms with Gasteiger partial charge in [0.25, 0.3) is 11.7 Å². The van der Waals surface area contributed by atoms with Crippen molar-refractivity contribution < 1.29 is 23.5 Å². The lowest BCUT2D eigenvalue weighted by Crippen LogP contribution is -2.30. The molecule has 6 nitrogen and oxygen atoms in total. The third kappa shape index (κ3) is 2.96. The number of aromatic amines is 1. The number of fused-ring (bicyclic) bond motifs is 1. The van der Waals surface area contributed by atoms with Gasteiger partial charge in [0.2, 0.25) is 0 Å². The summed E-state index contributed by atoms with van der Waals surface area (Å²) in [6.07, 6.45) is 2.97. The second-order valence-electron chi connectivity index (χ2n) is 7.27. The number of halogens is 2. The molecule has 1 aliphatic rings. The molecule has 32 heavy (non-hydrogen) atoms. The fraction of sp³-hybridized carbons (Fsp3) is 0.0417. The molecule has 2 aromatic heterocycles. The Morgan fingerprint density at radius 2 is 1.81 bits per heavy atom. The first-order chi connectivity index (χ1) is 15.5. The van der Waals surface area contributed by atoms with Gasteiger partial charge in [-0.25, -0.2) is 8.78 Å². The molecule has 1 fully saturated rings. The van der Waals surface area contributed by atoms with Crippen LogP contribution in [0.3, 0.4) is 0 Å². The third-order valence-corrected chi connectivity index (χ3v) is 5.42. The molecule has 0 spiro atoms. The molecule has 1 saturated heterocycles. The molecule has 5 rings (SSSR count). The lowest BCUT2D eigenvalue weighted by atomic mass is 9.98. The zero-order chi connectivity index (χ0) is 22.4. The van der Waals surface area contributed by atoms with E-state index in [1.54, 1.807) is 36.4 Å². The highest BCUT2D eigenvalue weighted by Gasteiger charge is 2.48. The number of nitrogens with zero attached hydrogens (tertiary/aromatic N) is 2. The molecule has 0 bridgehead atoms. The van der Waals surface area contributed by atoms with Gasteiger partial charge in [0.15, 0.2) is 0 Å². The molecular formula is C24H15F2N3O3. The van der Waals surface area contributed by atoms with Crippen LogP contribution in [0.2, 0.25) is 0 Å². The van der Waals surface area contributed by atoms with Crippen molar-refractivity contribution in [3.05, 3.63) is 102 Å². The second kappa shape index (κ2) is 7.42. The van der Waals surface area contributed by atoms with Crippen LogP contribution in [-0.4, -0.2) is 26.8 Å². The van der Waals surface area contributed by atoms with E-state index in [4.69, 9.17) is 0 Å². The summed E-state index contributed by atoms with van der Waals surface area (Å²) in [7, 11) is 0. The summed E-state index contributed by atoms with van der Waals surface area (Å²) in [6, 6.07) is 13.3. The second-order valence-corrected chi connectivity index (χ2v) is 7.27. The van der Waals surface area contributed by atoms with E-state index in [0.29, 0.717) is 16.5 Å². The molecule has 2 N–H and O–H groups in total. The van der Waals surface area contributed by atoms with Gasteiger partial charge in [-0.2, -0.15) is 0 Å². The van der Waals surface area contributed by atoms with E-state index in [9.17, 15) is 23.5 Å². The van der Waals surface area contributed by atoms with Crippen molar-refractivity contribution >= 4 is 34.0 Å². The molecule has 0 saturated carbocycles. The first-order valence-corrected chi connectivity index (χ1v) is 9.71. The van der Waals surface area contributed by atoms with Crippen LogP contribution in [-0.2, 0) is 9.59 Å². The van der Waals surface area contributed by atoms with Crippen LogP contribution in [0.5, 0.6) is 0 Å². The van der Waals surface area contributed by atoms with Crippen molar-refractivity contribution in [1.82, 2.24) is 9.97 Å². The maximum absolute atomic E-state index is 14.6. The molecule has 158 valence electrons. The number of benzene rings is 2. The molecule has 1 aliphatic heterocycles. The summed E-state index contributed by atoms with van der Waals surface area (Å²) in [5.41, 5.74) is 0.563. The largest absolute Gasteiger partial charge is 0.507 e. The van der Waals surface area contributed by atoms with E-state index < -0.39 is 40.8 Å². The minimum Gasteiger partial charge on any atom is -0.507 e. The standard InChI is InChI=1S/C24H15F2N3O3/c25-13-8-9-16(26)19(11-13)29-21(18-7-3-4-10-27-18)20(23(31)24(29)32)22(30)15-12-28-17-6-2-1-5-14(15)17/h1-12,21,28,30H/b22-20-. The van der Waals surface area contributed by atoms with E-state index in [0.717, 1.165) is 23.1 Å². The number of pyridine rings is 1. The quantitative estimate of drug-likeness (QED) is 0.285. The summed E-state index contributed by atoms with van der Waals surface area (Å²) in [5, 5.41) is 11.8. The number of aliphatic hydroxyl groups is 1. The topological polar surface area (TPSA) is 86.3 Å². The number of rotatable bonds is 3. The van der Waals surface area contributed by atoms with Crippen LogP contribution in [0, 0.1) is 11.6 Å². The van der Waals surface area contributed by atoms with Gasteiger partial charge in [0.1, 0.15) is 23.4 Å². The number of hydrogen-bond donors (Lipinski definition) is 2. The Kier molecular flexibility index (Phi) is 4.55. The van der Waals surface area contributed by atoms with Gasteiger partial charge in [-0.05, 0) is 30.3 Å². The normalized spacial score (nSPS) is 17.9. The Hall–Kier alpha value is -4.33. The van der Waals surface area contributed by atoms with E-state index >= 15 is 0 Å². The lowest BCUT2D eigenvalue weighted by molar-refractivity contribution is -0.132. The average Bonchev–Trinajstić information content (AvgIpc) is 3.35. The van der Waals surface area contributed by atoms with Crippen molar-refractivity contribution in [1.29, 1.82) is 0 Å². The Morgan fingerprint density at radius 3 is 2.59 bits per heavy atom. The van der Waals surface area contributed by atoms with Gasteiger partial charge in [-0.3, -0.25) is 19.5 Å². The van der Waals surface area contributed by atoms with Crippen molar-refractivity contribution in [3.8, 4) is 0 Å². The highest BCUT2D eigenvalue weighted by Crippen LogP contribution is 2.43. The number of para-hydroxylation sites is 1. The third-order valence-electron chi connectivity index (χ3n) is 5.42. The van der Waals surface area contributed by atoms with Crippen molar-refractivity contribution in [2.75, 3.05) is 4.90 Å². The number of carbonyl (C=O) groups is 2. The Bertz CT molecular complexity index is 1410. The fourth-order valence-corrected chi connectivity index (χ4v) is 3.98. The maximum atomic E-state index is 14.6. The zero-order valence-corrected chi connectivity index (χ0v) is 16.4. The van der Waals surface area contributed by atoms with Crippen molar-refractivity contribution in [2.45, 2.75) is 6.04 Å². The monoisotopic (exact) mass is 431 g/mol. The number of nitrogens with one attached hydrogen (secondary N) is 1. The predicted octanol–water partition coefficient (Wildman–Crippen LogP) is 4.47. The molecule has 4 aromatic rings. The number of aromatic nitrogens is 2. The number of anilines is 1. The Balaban J connectivity index is 1.78. The molecule has 0 aliphatic carbocycles.